The minimum absolute atomic E-state index is 0.0284. The molecule has 9 heteroatoms. The molecule has 178 valence electrons. The number of carbonyl (C=O) groups is 2. The van der Waals surface area contributed by atoms with Gasteiger partial charge in [-0.1, -0.05) is 6.92 Å². The number of hydrogen-bond acceptors (Lipinski definition) is 5. The molecular weight excluding hydrogens is 427 g/mol. The molecule has 3 rings (SSSR count). The zero-order chi connectivity index (χ0) is 24.0. The first-order valence-electron chi connectivity index (χ1n) is 11.0. The number of carbonyl (C=O) groups excluding carboxylic acids is 2. The molecule has 0 radical (unpaired) electrons. The second-order valence-corrected chi connectivity index (χ2v) is 8.35. The monoisotopic (exact) mass is 458 g/mol. The highest BCUT2D eigenvalue weighted by molar-refractivity contribution is 5.99. The van der Waals surface area contributed by atoms with E-state index in [9.17, 15) is 19.1 Å². The van der Waals surface area contributed by atoms with E-state index in [4.69, 9.17) is 4.74 Å². The van der Waals surface area contributed by atoms with Gasteiger partial charge >= 0.3 is 6.03 Å². The molecule has 1 aliphatic rings. The van der Waals surface area contributed by atoms with Gasteiger partial charge in [-0.05, 0) is 56.4 Å². The number of rotatable bonds is 6. The van der Waals surface area contributed by atoms with Gasteiger partial charge in [0, 0.05) is 35.9 Å². The summed E-state index contributed by atoms with van der Waals surface area (Å²) in [7, 11) is 1.84. The molecule has 0 spiro atoms. The van der Waals surface area contributed by atoms with Crippen molar-refractivity contribution in [3.05, 3.63) is 53.8 Å². The molecule has 2 aromatic rings. The molecule has 1 aliphatic heterocycles. The Morgan fingerprint density at radius 1 is 1.21 bits per heavy atom. The van der Waals surface area contributed by atoms with Gasteiger partial charge in [-0.25, -0.2) is 9.18 Å². The summed E-state index contributed by atoms with van der Waals surface area (Å²) in [6.45, 7) is 4.76. The Labute approximate surface area is 193 Å². The standard InChI is InChI=1S/C24H31FN4O4/c1-15-13-29(16(2)14-30)23(31)11-17-10-20(8-9-21(17)33-22(15)12-26-3)28-24(32)27-19-6-4-18(25)5-7-19/h4-10,15-16,22,26,30H,11-14H2,1-3H3,(H2,27,28,32)/t15-,16-,22-/m1/s1. The van der Waals surface area contributed by atoms with Crippen LogP contribution in [0.4, 0.5) is 20.6 Å². The van der Waals surface area contributed by atoms with Crippen LogP contribution in [0.2, 0.25) is 0 Å². The van der Waals surface area contributed by atoms with Crippen LogP contribution in [0.25, 0.3) is 0 Å². The minimum Gasteiger partial charge on any atom is -0.488 e. The lowest BCUT2D eigenvalue weighted by Crippen LogP contribution is -2.47. The van der Waals surface area contributed by atoms with E-state index in [1.165, 1.54) is 24.3 Å². The summed E-state index contributed by atoms with van der Waals surface area (Å²) >= 11 is 0. The van der Waals surface area contributed by atoms with Crippen molar-refractivity contribution in [3.8, 4) is 5.75 Å². The smallest absolute Gasteiger partial charge is 0.323 e. The highest BCUT2D eigenvalue weighted by Gasteiger charge is 2.30. The van der Waals surface area contributed by atoms with Crippen LogP contribution in [0.15, 0.2) is 42.5 Å². The first-order valence-corrected chi connectivity index (χ1v) is 11.0. The summed E-state index contributed by atoms with van der Waals surface area (Å²) in [6.07, 6.45) is -0.109. The van der Waals surface area contributed by atoms with Crippen LogP contribution in [-0.2, 0) is 11.2 Å². The van der Waals surface area contributed by atoms with Gasteiger partial charge in [-0.2, -0.15) is 0 Å². The van der Waals surface area contributed by atoms with Crippen LogP contribution in [-0.4, -0.2) is 60.8 Å². The molecule has 0 saturated heterocycles. The summed E-state index contributed by atoms with van der Waals surface area (Å²) in [6, 6.07) is 9.80. The van der Waals surface area contributed by atoms with Gasteiger partial charge in [0.05, 0.1) is 19.1 Å². The Bertz CT molecular complexity index is 969. The summed E-state index contributed by atoms with van der Waals surface area (Å²) < 4.78 is 19.3. The summed E-state index contributed by atoms with van der Waals surface area (Å²) in [5, 5.41) is 18.2. The second kappa shape index (κ2) is 11.1. The third kappa shape index (κ3) is 6.43. The van der Waals surface area contributed by atoms with Crippen molar-refractivity contribution in [2.24, 2.45) is 5.92 Å². The maximum absolute atomic E-state index is 13.1. The predicted octanol–water partition coefficient (Wildman–Crippen LogP) is 2.84. The Morgan fingerprint density at radius 2 is 1.88 bits per heavy atom. The molecule has 0 saturated carbocycles. The van der Waals surface area contributed by atoms with E-state index in [0.29, 0.717) is 35.8 Å². The van der Waals surface area contributed by atoms with Gasteiger partial charge in [0.2, 0.25) is 5.91 Å². The highest BCUT2D eigenvalue weighted by Crippen LogP contribution is 2.29. The third-order valence-electron chi connectivity index (χ3n) is 5.68. The number of aliphatic hydroxyl groups excluding tert-OH is 1. The fraction of sp³-hybridized carbons (Fsp3) is 0.417. The van der Waals surface area contributed by atoms with E-state index >= 15 is 0 Å². The number of benzene rings is 2. The number of anilines is 2. The zero-order valence-electron chi connectivity index (χ0n) is 19.1. The van der Waals surface area contributed by atoms with E-state index in [0.717, 1.165) is 0 Å². The highest BCUT2D eigenvalue weighted by atomic mass is 19.1. The van der Waals surface area contributed by atoms with Crippen LogP contribution >= 0.6 is 0 Å². The molecule has 1 heterocycles. The largest absolute Gasteiger partial charge is 0.488 e. The van der Waals surface area contributed by atoms with E-state index in [2.05, 4.69) is 16.0 Å². The molecule has 33 heavy (non-hydrogen) atoms. The lowest BCUT2D eigenvalue weighted by molar-refractivity contribution is -0.134. The maximum Gasteiger partial charge on any atom is 0.323 e. The van der Waals surface area contributed by atoms with Crippen LogP contribution in [0, 0.1) is 11.7 Å². The number of urea groups is 1. The van der Waals surface area contributed by atoms with Crippen molar-refractivity contribution in [2.45, 2.75) is 32.4 Å². The molecule has 0 fully saturated rings. The first-order chi connectivity index (χ1) is 15.8. The number of ether oxygens (including phenoxy) is 1. The normalized spacial score (nSPS) is 19.4. The fourth-order valence-corrected chi connectivity index (χ4v) is 3.78. The van der Waals surface area contributed by atoms with Crippen LogP contribution in [0.1, 0.15) is 19.4 Å². The number of nitrogens with zero attached hydrogens (tertiary/aromatic N) is 1. The van der Waals surface area contributed by atoms with Crippen molar-refractivity contribution in [1.29, 1.82) is 0 Å². The van der Waals surface area contributed by atoms with Gasteiger partial charge in [0.1, 0.15) is 17.7 Å². The van der Waals surface area contributed by atoms with Crippen molar-refractivity contribution >= 4 is 23.3 Å². The Hall–Kier alpha value is -3.17. The number of amides is 3. The number of nitrogens with one attached hydrogen (secondary N) is 3. The molecule has 3 atom stereocenters. The number of aliphatic hydroxyl groups is 1. The summed E-state index contributed by atoms with van der Waals surface area (Å²) in [4.78, 5) is 27.2. The molecule has 0 aliphatic carbocycles. The van der Waals surface area contributed by atoms with Gasteiger partial charge in [-0.3, -0.25) is 4.79 Å². The van der Waals surface area contributed by atoms with E-state index in [1.807, 2.05) is 20.9 Å². The van der Waals surface area contributed by atoms with Gasteiger partial charge in [0.15, 0.2) is 0 Å². The third-order valence-corrected chi connectivity index (χ3v) is 5.68. The molecule has 2 aromatic carbocycles. The molecule has 8 nitrogen and oxygen atoms in total. The molecular formula is C24H31FN4O4. The van der Waals surface area contributed by atoms with Crippen LogP contribution in [0.3, 0.4) is 0 Å². The first kappa shape index (κ1) is 24.5. The molecule has 0 bridgehead atoms. The number of likely N-dealkylation sites (N-methyl/N-ethyl adjacent to an activating group) is 1. The predicted molar refractivity (Wildman–Crippen MR) is 125 cm³/mol. The van der Waals surface area contributed by atoms with E-state index in [-0.39, 0.29) is 37.0 Å². The van der Waals surface area contributed by atoms with Crippen LogP contribution < -0.4 is 20.7 Å². The summed E-state index contributed by atoms with van der Waals surface area (Å²) in [5.41, 5.74) is 1.58. The van der Waals surface area contributed by atoms with Gasteiger partial charge in [0.25, 0.3) is 0 Å². The quantitative estimate of drug-likeness (QED) is 0.533. The Morgan fingerprint density at radius 3 is 2.55 bits per heavy atom. The fourth-order valence-electron chi connectivity index (χ4n) is 3.78. The zero-order valence-corrected chi connectivity index (χ0v) is 19.1. The topological polar surface area (TPSA) is 103 Å². The maximum atomic E-state index is 13.1. The van der Waals surface area contributed by atoms with Crippen molar-refractivity contribution in [2.75, 3.05) is 37.4 Å². The van der Waals surface area contributed by atoms with Crippen molar-refractivity contribution in [3.63, 3.8) is 0 Å². The molecule has 4 N–H and O–H groups in total. The van der Waals surface area contributed by atoms with E-state index in [1.54, 1.807) is 23.1 Å². The average molecular weight is 459 g/mol. The lowest BCUT2D eigenvalue weighted by Gasteiger charge is -2.32. The van der Waals surface area contributed by atoms with Crippen LogP contribution in [0.5, 0.6) is 5.75 Å². The van der Waals surface area contributed by atoms with Crippen molar-refractivity contribution in [1.82, 2.24) is 10.2 Å². The SMILES string of the molecule is CNC[C@H]1Oc2ccc(NC(=O)Nc3ccc(F)cc3)cc2CC(=O)N([C@H](C)CO)C[C@H]1C. The van der Waals surface area contributed by atoms with Gasteiger partial charge in [-0.15, -0.1) is 0 Å². The van der Waals surface area contributed by atoms with Crippen molar-refractivity contribution < 1.29 is 23.8 Å². The summed E-state index contributed by atoms with van der Waals surface area (Å²) in [5.74, 6) is 0.101. The molecule has 0 aromatic heterocycles. The Kier molecular flexibility index (Phi) is 8.24. The minimum atomic E-state index is -0.492. The number of fused-ring (bicyclic) bond motifs is 1. The molecule has 3 amide bonds. The van der Waals surface area contributed by atoms with Gasteiger partial charge < -0.3 is 30.7 Å². The average Bonchev–Trinajstić information content (AvgIpc) is 2.83. The van der Waals surface area contributed by atoms with E-state index < -0.39 is 11.8 Å². The Balaban J connectivity index is 1.83. The number of halogens is 1. The number of hydrogen-bond donors (Lipinski definition) is 4. The second-order valence-electron chi connectivity index (χ2n) is 8.35. The molecule has 0 unspecified atom stereocenters. The lowest BCUT2D eigenvalue weighted by atomic mass is 10.0.